The summed E-state index contributed by atoms with van der Waals surface area (Å²) in [7, 11) is 1.49. The van der Waals surface area contributed by atoms with E-state index in [1.807, 2.05) is 24.4 Å². The standard InChI is InChI=1S/C18H18N4O3S/c1-11(14-8-5-9-26-14)20-15(23)10-22-18(25)13-7-4-3-6-12(13)16(21-22)17(24)19-2/h3-9,11H,10H2,1-2H3,(H,19,24)(H,20,23). The van der Waals surface area contributed by atoms with Crippen molar-refractivity contribution < 1.29 is 9.59 Å². The zero-order valence-electron chi connectivity index (χ0n) is 14.4. The Balaban J connectivity index is 1.92. The van der Waals surface area contributed by atoms with Gasteiger partial charge in [-0.15, -0.1) is 11.3 Å². The molecule has 0 bridgehead atoms. The van der Waals surface area contributed by atoms with Crippen molar-refractivity contribution in [1.82, 2.24) is 20.4 Å². The maximum Gasteiger partial charge on any atom is 0.275 e. The van der Waals surface area contributed by atoms with E-state index < -0.39 is 11.5 Å². The molecule has 2 amide bonds. The average molecular weight is 370 g/mol. The van der Waals surface area contributed by atoms with Gasteiger partial charge in [-0.1, -0.05) is 24.3 Å². The quantitative estimate of drug-likeness (QED) is 0.715. The van der Waals surface area contributed by atoms with Crippen LogP contribution in [-0.2, 0) is 11.3 Å². The van der Waals surface area contributed by atoms with Gasteiger partial charge in [0.1, 0.15) is 6.54 Å². The summed E-state index contributed by atoms with van der Waals surface area (Å²) in [6.07, 6.45) is 0. The highest BCUT2D eigenvalue weighted by Gasteiger charge is 2.18. The van der Waals surface area contributed by atoms with Gasteiger partial charge >= 0.3 is 0 Å². The molecule has 0 spiro atoms. The van der Waals surface area contributed by atoms with Crippen molar-refractivity contribution in [3.8, 4) is 0 Å². The number of amides is 2. The monoisotopic (exact) mass is 370 g/mol. The molecule has 2 heterocycles. The first-order chi connectivity index (χ1) is 12.5. The van der Waals surface area contributed by atoms with E-state index in [1.54, 1.807) is 35.6 Å². The minimum absolute atomic E-state index is 0.113. The van der Waals surface area contributed by atoms with Gasteiger partial charge in [-0.25, -0.2) is 4.68 Å². The number of fused-ring (bicyclic) bond motifs is 1. The fourth-order valence-electron chi connectivity index (χ4n) is 2.66. The molecule has 3 aromatic rings. The van der Waals surface area contributed by atoms with Crippen molar-refractivity contribution in [3.63, 3.8) is 0 Å². The molecular formula is C18H18N4O3S. The van der Waals surface area contributed by atoms with Crippen molar-refractivity contribution >= 4 is 33.9 Å². The maximum absolute atomic E-state index is 12.6. The van der Waals surface area contributed by atoms with Crippen molar-refractivity contribution in [2.75, 3.05) is 7.05 Å². The molecule has 0 saturated heterocycles. The summed E-state index contributed by atoms with van der Waals surface area (Å²) < 4.78 is 1.03. The topological polar surface area (TPSA) is 93.1 Å². The number of carbonyl (C=O) groups excluding carboxylic acids is 2. The lowest BCUT2D eigenvalue weighted by molar-refractivity contribution is -0.122. The normalized spacial score (nSPS) is 11.9. The van der Waals surface area contributed by atoms with Crippen molar-refractivity contribution in [1.29, 1.82) is 0 Å². The van der Waals surface area contributed by atoms with Crippen molar-refractivity contribution in [2.24, 2.45) is 0 Å². The fraction of sp³-hybridized carbons (Fsp3) is 0.222. The number of nitrogens with one attached hydrogen (secondary N) is 2. The Morgan fingerprint density at radius 1 is 1.19 bits per heavy atom. The molecule has 0 aliphatic carbocycles. The molecule has 0 aliphatic rings. The lowest BCUT2D eigenvalue weighted by atomic mass is 10.1. The Labute approximate surface area is 153 Å². The molecule has 0 aliphatic heterocycles. The van der Waals surface area contributed by atoms with Gasteiger partial charge in [0.25, 0.3) is 11.5 Å². The van der Waals surface area contributed by atoms with Crippen LogP contribution in [0.3, 0.4) is 0 Å². The maximum atomic E-state index is 12.6. The summed E-state index contributed by atoms with van der Waals surface area (Å²) in [4.78, 5) is 38.1. The summed E-state index contributed by atoms with van der Waals surface area (Å²) in [5.41, 5.74) is -0.297. The number of hydrogen-bond donors (Lipinski definition) is 2. The van der Waals surface area contributed by atoms with Gasteiger partial charge in [-0.05, 0) is 24.4 Å². The Bertz CT molecular complexity index is 1010. The Kier molecular flexibility index (Phi) is 5.13. The Morgan fingerprint density at radius 2 is 1.92 bits per heavy atom. The van der Waals surface area contributed by atoms with E-state index in [0.29, 0.717) is 10.8 Å². The first-order valence-electron chi connectivity index (χ1n) is 8.06. The number of rotatable bonds is 5. The van der Waals surface area contributed by atoms with Crippen LogP contribution in [-0.4, -0.2) is 28.6 Å². The summed E-state index contributed by atoms with van der Waals surface area (Å²) in [5, 5.41) is 12.2. The number of hydrogen-bond acceptors (Lipinski definition) is 5. The van der Waals surface area contributed by atoms with Crippen LogP contribution in [0.15, 0.2) is 46.6 Å². The molecule has 1 aromatic carbocycles. The lowest BCUT2D eigenvalue weighted by Gasteiger charge is -2.14. The first kappa shape index (κ1) is 17.8. The molecule has 0 radical (unpaired) electrons. The highest BCUT2D eigenvalue weighted by molar-refractivity contribution is 7.10. The second-order valence-corrected chi connectivity index (χ2v) is 6.72. The third-order valence-electron chi connectivity index (χ3n) is 3.95. The van der Waals surface area contributed by atoms with E-state index in [9.17, 15) is 14.4 Å². The molecule has 8 heteroatoms. The number of aromatic nitrogens is 2. The molecule has 26 heavy (non-hydrogen) atoms. The predicted octanol–water partition coefficient (Wildman–Crippen LogP) is 1.70. The van der Waals surface area contributed by atoms with Gasteiger partial charge < -0.3 is 10.6 Å². The second-order valence-electron chi connectivity index (χ2n) is 5.74. The molecule has 2 N–H and O–H groups in total. The van der Waals surface area contributed by atoms with E-state index in [-0.39, 0.29) is 24.2 Å². The number of benzene rings is 1. The minimum Gasteiger partial charge on any atom is -0.354 e. The van der Waals surface area contributed by atoms with E-state index in [0.717, 1.165) is 9.56 Å². The number of nitrogens with zero attached hydrogens (tertiary/aromatic N) is 2. The SMILES string of the molecule is CNC(=O)c1nn(CC(=O)NC(C)c2cccs2)c(=O)c2ccccc12. The van der Waals surface area contributed by atoms with Gasteiger partial charge in [-0.3, -0.25) is 14.4 Å². The zero-order chi connectivity index (χ0) is 18.7. The molecule has 1 unspecified atom stereocenters. The minimum atomic E-state index is -0.415. The lowest BCUT2D eigenvalue weighted by Crippen LogP contribution is -2.36. The predicted molar refractivity (Wildman–Crippen MR) is 100 cm³/mol. The Morgan fingerprint density at radius 3 is 2.58 bits per heavy atom. The van der Waals surface area contributed by atoms with Gasteiger partial charge in [-0.2, -0.15) is 5.10 Å². The van der Waals surface area contributed by atoms with Crippen molar-refractivity contribution in [3.05, 3.63) is 62.7 Å². The van der Waals surface area contributed by atoms with E-state index in [4.69, 9.17) is 0 Å². The summed E-state index contributed by atoms with van der Waals surface area (Å²) in [5.74, 6) is -0.763. The third-order valence-corrected chi connectivity index (χ3v) is 5.01. The molecule has 0 saturated carbocycles. The molecule has 0 fully saturated rings. The molecule has 134 valence electrons. The van der Waals surface area contributed by atoms with Crippen LogP contribution in [0.4, 0.5) is 0 Å². The van der Waals surface area contributed by atoms with Crippen LogP contribution >= 0.6 is 11.3 Å². The molecular weight excluding hydrogens is 352 g/mol. The Hall–Kier alpha value is -3.00. The molecule has 3 rings (SSSR count). The first-order valence-corrected chi connectivity index (χ1v) is 8.94. The fourth-order valence-corrected chi connectivity index (χ4v) is 3.39. The van der Waals surface area contributed by atoms with Crippen molar-refractivity contribution in [2.45, 2.75) is 19.5 Å². The van der Waals surface area contributed by atoms with E-state index >= 15 is 0 Å². The van der Waals surface area contributed by atoms with Crippen LogP contribution in [0.2, 0.25) is 0 Å². The summed E-state index contributed by atoms with van der Waals surface area (Å²) in [6.45, 7) is 1.61. The van der Waals surface area contributed by atoms with Crippen LogP contribution in [0.1, 0.15) is 28.3 Å². The molecule has 2 aromatic heterocycles. The largest absolute Gasteiger partial charge is 0.354 e. The molecule has 1 atom stereocenters. The second kappa shape index (κ2) is 7.49. The van der Waals surface area contributed by atoms with Crippen LogP contribution in [0, 0.1) is 0 Å². The van der Waals surface area contributed by atoms with Gasteiger partial charge in [0.15, 0.2) is 5.69 Å². The van der Waals surface area contributed by atoms with Gasteiger partial charge in [0, 0.05) is 17.3 Å². The zero-order valence-corrected chi connectivity index (χ0v) is 15.2. The average Bonchev–Trinajstić information content (AvgIpc) is 3.18. The highest BCUT2D eigenvalue weighted by atomic mass is 32.1. The molecule has 7 nitrogen and oxygen atoms in total. The van der Waals surface area contributed by atoms with Gasteiger partial charge in [0.05, 0.1) is 11.4 Å². The van der Waals surface area contributed by atoms with Crippen LogP contribution in [0.25, 0.3) is 10.8 Å². The summed E-state index contributed by atoms with van der Waals surface area (Å²) >= 11 is 1.54. The van der Waals surface area contributed by atoms with Crippen LogP contribution in [0.5, 0.6) is 0 Å². The number of carbonyl (C=O) groups is 2. The van der Waals surface area contributed by atoms with E-state index in [2.05, 4.69) is 15.7 Å². The van der Waals surface area contributed by atoms with E-state index in [1.165, 1.54) is 7.05 Å². The third kappa shape index (κ3) is 3.50. The smallest absolute Gasteiger partial charge is 0.275 e. The summed E-state index contributed by atoms with van der Waals surface area (Å²) in [6, 6.07) is 10.4. The number of thiophene rings is 1. The van der Waals surface area contributed by atoms with Gasteiger partial charge in [0.2, 0.25) is 5.91 Å². The van der Waals surface area contributed by atoms with Crippen LogP contribution < -0.4 is 16.2 Å². The highest BCUT2D eigenvalue weighted by Crippen LogP contribution is 2.18.